The number of hydrogen-bond acceptors (Lipinski definition) is 4. The third-order valence-electron chi connectivity index (χ3n) is 3.44. The van der Waals surface area contributed by atoms with Gasteiger partial charge >= 0.3 is 0 Å². The summed E-state index contributed by atoms with van der Waals surface area (Å²) in [4.78, 5) is 12.0. The van der Waals surface area contributed by atoms with Crippen molar-refractivity contribution in [2.24, 2.45) is 0 Å². The minimum absolute atomic E-state index is 0.00718. The van der Waals surface area contributed by atoms with Gasteiger partial charge in [0, 0.05) is 18.0 Å². The Morgan fingerprint density at radius 2 is 2.37 bits per heavy atom. The maximum absolute atomic E-state index is 12.0. The highest BCUT2D eigenvalue weighted by atomic mass is 16.5. The number of benzene rings is 1. The van der Waals surface area contributed by atoms with E-state index in [9.17, 15) is 4.79 Å². The Morgan fingerprint density at radius 1 is 1.47 bits per heavy atom. The minimum atomic E-state index is 0.00718. The van der Waals surface area contributed by atoms with E-state index in [1.807, 2.05) is 24.3 Å². The Kier molecular flexibility index (Phi) is 3.46. The monoisotopic (exact) mass is 259 g/mol. The number of para-hydroxylation sites is 1. The van der Waals surface area contributed by atoms with E-state index in [0.29, 0.717) is 5.69 Å². The van der Waals surface area contributed by atoms with Gasteiger partial charge in [-0.25, -0.2) is 0 Å². The first-order chi connectivity index (χ1) is 9.33. The molecule has 100 valence electrons. The van der Waals surface area contributed by atoms with Gasteiger partial charge in [-0.15, -0.1) is 0 Å². The number of rotatable bonds is 3. The van der Waals surface area contributed by atoms with Gasteiger partial charge in [0.1, 0.15) is 5.69 Å². The second-order valence-electron chi connectivity index (χ2n) is 4.91. The summed E-state index contributed by atoms with van der Waals surface area (Å²) in [6.07, 6.45) is 2.42. The fourth-order valence-electron chi connectivity index (χ4n) is 2.47. The van der Waals surface area contributed by atoms with Crippen LogP contribution in [0.5, 0.6) is 0 Å². The lowest BCUT2D eigenvalue weighted by atomic mass is 10.1. The summed E-state index contributed by atoms with van der Waals surface area (Å²) >= 11 is 0. The molecule has 0 aliphatic carbocycles. The number of piperidine rings is 1. The van der Waals surface area contributed by atoms with Crippen molar-refractivity contribution in [3.05, 3.63) is 30.0 Å². The largest absolute Gasteiger partial charge is 0.356 e. The normalized spacial score (nSPS) is 19.5. The summed E-state index contributed by atoms with van der Waals surface area (Å²) in [5, 5.41) is 11.2. The van der Waals surface area contributed by atoms with E-state index in [1.165, 1.54) is 0 Å². The van der Waals surface area contributed by atoms with Crippen LogP contribution in [0.1, 0.15) is 18.5 Å². The summed E-state index contributed by atoms with van der Waals surface area (Å²) in [5.74, 6) is 0.00718. The minimum Gasteiger partial charge on any atom is -0.356 e. The van der Waals surface area contributed by atoms with E-state index in [1.54, 1.807) is 0 Å². The van der Waals surface area contributed by atoms with Crippen molar-refractivity contribution in [2.75, 3.05) is 13.1 Å². The maximum Gasteiger partial charge on any atom is 0.226 e. The molecular formula is C14H17N3O2. The Morgan fingerprint density at radius 3 is 3.21 bits per heavy atom. The van der Waals surface area contributed by atoms with Crippen LogP contribution in [0.25, 0.3) is 11.0 Å². The van der Waals surface area contributed by atoms with Crippen molar-refractivity contribution in [3.8, 4) is 0 Å². The quantitative estimate of drug-likeness (QED) is 0.870. The molecule has 0 saturated carbocycles. The number of amides is 1. The van der Waals surface area contributed by atoms with E-state index in [0.717, 1.165) is 36.9 Å². The summed E-state index contributed by atoms with van der Waals surface area (Å²) in [6.45, 7) is 1.89. The molecule has 19 heavy (non-hydrogen) atoms. The van der Waals surface area contributed by atoms with Crippen LogP contribution in [0.3, 0.4) is 0 Å². The predicted molar refractivity (Wildman–Crippen MR) is 71.7 cm³/mol. The Balaban J connectivity index is 1.65. The zero-order valence-electron chi connectivity index (χ0n) is 10.7. The summed E-state index contributed by atoms with van der Waals surface area (Å²) in [6, 6.07) is 7.84. The molecule has 3 rings (SSSR count). The molecule has 1 aliphatic heterocycles. The molecule has 1 aromatic heterocycles. The summed E-state index contributed by atoms with van der Waals surface area (Å²) in [5.41, 5.74) is 1.43. The molecule has 2 aromatic rings. The van der Waals surface area contributed by atoms with Crippen molar-refractivity contribution in [1.29, 1.82) is 0 Å². The van der Waals surface area contributed by atoms with Gasteiger partial charge in [0.15, 0.2) is 5.58 Å². The van der Waals surface area contributed by atoms with Gasteiger partial charge in [0.2, 0.25) is 5.91 Å². The molecule has 2 heterocycles. The average Bonchev–Trinajstić information content (AvgIpc) is 2.83. The molecule has 5 heteroatoms. The number of nitrogens with one attached hydrogen (secondary N) is 2. The molecule has 1 aliphatic rings. The molecule has 1 aromatic carbocycles. The number of aromatic nitrogens is 1. The SMILES string of the molecule is O=C(Cc1noc2ccccc12)N[C@H]1CCCNC1. The fourth-order valence-corrected chi connectivity index (χ4v) is 2.47. The van der Waals surface area contributed by atoms with Gasteiger partial charge in [-0.1, -0.05) is 17.3 Å². The van der Waals surface area contributed by atoms with Crippen LogP contribution in [-0.2, 0) is 11.2 Å². The second kappa shape index (κ2) is 5.40. The Hall–Kier alpha value is -1.88. The molecule has 0 radical (unpaired) electrons. The van der Waals surface area contributed by atoms with Crippen LogP contribution < -0.4 is 10.6 Å². The lowest BCUT2D eigenvalue weighted by molar-refractivity contribution is -0.121. The molecule has 1 saturated heterocycles. The molecule has 0 bridgehead atoms. The highest BCUT2D eigenvalue weighted by Crippen LogP contribution is 2.18. The standard InChI is InChI=1S/C14H17N3O2/c18-14(16-10-4-3-7-15-9-10)8-12-11-5-1-2-6-13(11)19-17-12/h1-2,5-6,10,15H,3-4,7-9H2,(H,16,18)/t10-/m0/s1. The Labute approximate surface area is 111 Å². The van der Waals surface area contributed by atoms with Gasteiger partial charge in [-0.05, 0) is 31.5 Å². The van der Waals surface area contributed by atoms with Gasteiger partial charge < -0.3 is 15.2 Å². The van der Waals surface area contributed by atoms with Gasteiger partial charge in [0.05, 0.1) is 6.42 Å². The molecule has 1 atom stereocenters. The van der Waals surface area contributed by atoms with Crippen molar-refractivity contribution < 1.29 is 9.32 Å². The van der Waals surface area contributed by atoms with E-state index in [-0.39, 0.29) is 18.4 Å². The van der Waals surface area contributed by atoms with Crippen molar-refractivity contribution >= 4 is 16.9 Å². The van der Waals surface area contributed by atoms with Gasteiger partial charge in [-0.2, -0.15) is 0 Å². The molecule has 1 amide bonds. The summed E-state index contributed by atoms with van der Waals surface area (Å²) < 4.78 is 5.20. The van der Waals surface area contributed by atoms with Crippen LogP contribution in [0.4, 0.5) is 0 Å². The first kappa shape index (κ1) is 12.2. The Bertz CT molecular complexity index is 573. The van der Waals surface area contributed by atoms with E-state index >= 15 is 0 Å². The van der Waals surface area contributed by atoms with Crippen molar-refractivity contribution in [1.82, 2.24) is 15.8 Å². The van der Waals surface area contributed by atoms with E-state index in [2.05, 4.69) is 15.8 Å². The third kappa shape index (κ3) is 2.76. The van der Waals surface area contributed by atoms with Crippen molar-refractivity contribution in [3.63, 3.8) is 0 Å². The molecule has 1 fully saturated rings. The van der Waals surface area contributed by atoms with E-state index in [4.69, 9.17) is 4.52 Å². The molecule has 2 N–H and O–H groups in total. The zero-order chi connectivity index (χ0) is 13.1. The highest BCUT2D eigenvalue weighted by Gasteiger charge is 2.17. The highest BCUT2D eigenvalue weighted by molar-refractivity contribution is 5.86. The average molecular weight is 259 g/mol. The van der Waals surface area contributed by atoms with Crippen LogP contribution in [0, 0.1) is 0 Å². The number of nitrogens with zero attached hydrogens (tertiary/aromatic N) is 1. The second-order valence-corrected chi connectivity index (χ2v) is 4.91. The molecule has 0 unspecified atom stereocenters. The smallest absolute Gasteiger partial charge is 0.226 e. The zero-order valence-corrected chi connectivity index (χ0v) is 10.7. The summed E-state index contributed by atoms with van der Waals surface area (Å²) in [7, 11) is 0. The fraction of sp³-hybridized carbons (Fsp3) is 0.429. The number of fused-ring (bicyclic) bond motifs is 1. The van der Waals surface area contributed by atoms with Crippen LogP contribution in [-0.4, -0.2) is 30.2 Å². The van der Waals surface area contributed by atoms with Crippen molar-refractivity contribution in [2.45, 2.75) is 25.3 Å². The molecule has 0 spiro atoms. The van der Waals surface area contributed by atoms with Crippen LogP contribution in [0.15, 0.2) is 28.8 Å². The van der Waals surface area contributed by atoms with E-state index < -0.39 is 0 Å². The van der Waals surface area contributed by atoms with Crippen LogP contribution >= 0.6 is 0 Å². The molecular weight excluding hydrogens is 242 g/mol. The molecule has 5 nitrogen and oxygen atoms in total. The number of carbonyl (C=O) groups excluding carboxylic acids is 1. The lowest BCUT2D eigenvalue weighted by Gasteiger charge is -2.23. The number of carbonyl (C=O) groups is 1. The third-order valence-corrected chi connectivity index (χ3v) is 3.44. The van der Waals surface area contributed by atoms with Gasteiger partial charge in [-0.3, -0.25) is 4.79 Å². The topological polar surface area (TPSA) is 67.2 Å². The maximum atomic E-state index is 12.0. The lowest BCUT2D eigenvalue weighted by Crippen LogP contribution is -2.46. The first-order valence-electron chi connectivity index (χ1n) is 6.66. The number of hydrogen-bond donors (Lipinski definition) is 2. The predicted octanol–water partition coefficient (Wildman–Crippen LogP) is 1.24. The van der Waals surface area contributed by atoms with Gasteiger partial charge in [0.25, 0.3) is 0 Å². The first-order valence-corrected chi connectivity index (χ1v) is 6.66. The van der Waals surface area contributed by atoms with Crippen LogP contribution in [0.2, 0.25) is 0 Å².